The fraction of sp³-hybridized carbons (Fsp3) is 0.333. The van der Waals surface area contributed by atoms with Gasteiger partial charge in [-0.3, -0.25) is 9.69 Å². The summed E-state index contributed by atoms with van der Waals surface area (Å²) in [5.41, 5.74) is 4.58. The van der Waals surface area contributed by atoms with Crippen molar-refractivity contribution in [3.05, 3.63) is 87.4 Å². The third-order valence-corrected chi connectivity index (χ3v) is 6.71. The first-order valence-electron chi connectivity index (χ1n) is 11.4. The third-order valence-electron chi connectivity index (χ3n) is 5.89. The Morgan fingerprint density at radius 1 is 1.09 bits per heavy atom. The van der Waals surface area contributed by atoms with Crippen LogP contribution in [0.3, 0.4) is 0 Å². The number of hydrogen-bond acceptors (Lipinski definition) is 5. The lowest BCUT2D eigenvalue weighted by Crippen LogP contribution is -2.34. The molecule has 0 saturated carbocycles. The van der Waals surface area contributed by atoms with Gasteiger partial charge in [-0.05, 0) is 55.2 Å². The number of aryl methyl sites for hydroxylation is 2. The number of ether oxygens (including phenoxy) is 1. The van der Waals surface area contributed by atoms with E-state index < -0.39 is 0 Å². The Kier molecular flexibility index (Phi) is 7.92. The Morgan fingerprint density at radius 3 is 2.79 bits per heavy atom. The molecule has 0 N–H and O–H groups in total. The first-order valence-corrected chi connectivity index (χ1v) is 12.3. The van der Waals surface area contributed by atoms with Crippen molar-refractivity contribution in [2.75, 3.05) is 26.2 Å². The number of benzene rings is 2. The van der Waals surface area contributed by atoms with Crippen molar-refractivity contribution in [3.63, 3.8) is 0 Å². The summed E-state index contributed by atoms with van der Waals surface area (Å²) in [6.45, 7) is 9.00. The predicted molar refractivity (Wildman–Crippen MR) is 134 cm³/mol. The van der Waals surface area contributed by atoms with E-state index in [-0.39, 0.29) is 5.91 Å². The number of rotatable bonds is 7. The minimum Gasteiger partial charge on any atom is -0.487 e. The highest BCUT2D eigenvalue weighted by Gasteiger charge is 2.18. The van der Waals surface area contributed by atoms with E-state index >= 15 is 0 Å². The van der Waals surface area contributed by atoms with Gasteiger partial charge in [-0.1, -0.05) is 36.4 Å². The van der Waals surface area contributed by atoms with E-state index in [0.717, 1.165) is 61.2 Å². The van der Waals surface area contributed by atoms with Gasteiger partial charge in [0.25, 0.3) is 0 Å². The van der Waals surface area contributed by atoms with E-state index in [0.29, 0.717) is 6.61 Å². The lowest BCUT2D eigenvalue weighted by Gasteiger charge is -2.22. The van der Waals surface area contributed by atoms with Gasteiger partial charge in [-0.15, -0.1) is 11.3 Å². The highest BCUT2D eigenvalue weighted by molar-refractivity contribution is 7.09. The Hall–Kier alpha value is -2.96. The van der Waals surface area contributed by atoms with Crippen LogP contribution in [0, 0.1) is 13.8 Å². The molecule has 2 heterocycles. The van der Waals surface area contributed by atoms with Crippen LogP contribution in [-0.2, 0) is 17.9 Å². The van der Waals surface area contributed by atoms with E-state index in [1.54, 1.807) is 17.4 Å². The number of amides is 1. The van der Waals surface area contributed by atoms with Crippen molar-refractivity contribution >= 4 is 23.3 Å². The largest absolute Gasteiger partial charge is 0.487 e. The number of aromatic nitrogens is 1. The number of carbonyl (C=O) groups is 1. The number of carbonyl (C=O) groups excluding carboxylic acids is 1. The van der Waals surface area contributed by atoms with Crippen LogP contribution in [0.25, 0.3) is 6.08 Å². The molecule has 0 spiro atoms. The molecule has 1 aliphatic rings. The van der Waals surface area contributed by atoms with Crippen LogP contribution in [0.1, 0.15) is 33.8 Å². The smallest absolute Gasteiger partial charge is 0.246 e. The van der Waals surface area contributed by atoms with Gasteiger partial charge in [-0.2, -0.15) is 0 Å². The summed E-state index contributed by atoms with van der Waals surface area (Å²) in [5, 5.41) is 3.05. The Balaban J connectivity index is 1.29. The summed E-state index contributed by atoms with van der Waals surface area (Å²) < 4.78 is 5.86. The summed E-state index contributed by atoms with van der Waals surface area (Å²) in [4.78, 5) is 21.7. The second kappa shape index (κ2) is 11.3. The van der Waals surface area contributed by atoms with Crippen molar-refractivity contribution in [3.8, 4) is 5.75 Å². The van der Waals surface area contributed by atoms with E-state index in [2.05, 4.69) is 41.1 Å². The zero-order valence-electron chi connectivity index (χ0n) is 19.4. The molecule has 33 heavy (non-hydrogen) atoms. The predicted octanol–water partition coefficient (Wildman–Crippen LogP) is 5.09. The molecule has 2 aromatic carbocycles. The Labute approximate surface area is 200 Å². The Morgan fingerprint density at radius 2 is 1.97 bits per heavy atom. The number of thiazole rings is 1. The molecular formula is C27H31N3O2S. The van der Waals surface area contributed by atoms with Gasteiger partial charge >= 0.3 is 0 Å². The molecule has 1 aromatic heterocycles. The average Bonchev–Trinajstić information content (AvgIpc) is 3.10. The van der Waals surface area contributed by atoms with Gasteiger partial charge in [0.05, 0.1) is 10.7 Å². The van der Waals surface area contributed by atoms with Gasteiger partial charge < -0.3 is 9.64 Å². The lowest BCUT2D eigenvalue weighted by molar-refractivity contribution is -0.125. The molecule has 0 radical (unpaired) electrons. The summed E-state index contributed by atoms with van der Waals surface area (Å²) >= 11 is 1.62. The van der Waals surface area contributed by atoms with Crippen LogP contribution in [0.2, 0.25) is 0 Å². The standard InChI is InChI=1S/C27H31N3O2S/c1-21-7-3-4-9-24(21)18-29-13-6-14-30(16-15-29)27(31)12-11-23-8-5-10-26(17-23)32-19-25-20-33-22(2)28-25/h3-5,7-12,17,20H,6,13-16,18-19H2,1-2H3/b12-11+. The second-order valence-corrected chi connectivity index (χ2v) is 9.50. The van der Waals surface area contributed by atoms with Gasteiger partial charge in [-0.25, -0.2) is 4.98 Å². The number of hydrogen-bond donors (Lipinski definition) is 0. The maximum atomic E-state index is 12.8. The second-order valence-electron chi connectivity index (χ2n) is 8.43. The normalized spacial score (nSPS) is 15.0. The van der Waals surface area contributed by atoms with Crippen molar-refractivity contribution < 1.29 is 9.53 Å². The molecule has 5 nitrogen and oxygen atoms in total. The van der Waals surface area contributed by atoms with Gasteiger partial charge in [0.2, 0.25) is 5.91 Å². The van der Waals surface area contributed by atoms with Crippen molar-refractivity contribution in [1.82, 2.24) is 14.8 Å². The molecule has 0 aliphatic carbocycles. The third kappa shape index (κ3) is 6.76. The maximum absolute atomic E-state index is 12.8. The monoisotopic (exact) mass is 461 g/mol. The topological polar surface area (TPSA) is 45.7 Å². The van der Waals surface area contributed by atoms with Crippen LogP contribution < -0.4 is 4.74 Å². The molecule has 6 heteroatoms. The zero-order chi connectivity index (χ0) is 23.0. The molecule has 172 valence electrons. The molecule has 0 bridgehead atoms. The van der Waals surface area contributed by atoms with Crippen LogP contribution in [0.5, 0.6) is 5.75 Å². The van der Waals surface area contributed by atoms with E-state index in [1.807, 2.05) is 47.5 Å². The van der Waals surface area contributed by atoms with Gasteiger partial charge in [0, 0.05) is 44.2 Å². The van der Waals surface area contributed by atoms with Gasteiger partial charge in [0.15, 0.2) is 0 Å². The minimum atomic E-state index is 0.0667. The highest BCUT2D eigenvalue weighted by Crippen LogP contribution is 2.18. The Bertz CT molecular complexity index is 1110. The molecule has 0 atom stereocenters. The quantitative estimate of drug-likeness (QED) is 0.460. The van der Waals surface area contributed by atoms with Crippen molar-refractivity contribution in [1.29, 1.82) is 0 Å². The van der Waals surface area contributed by atoms with Crippen LogP contribution in [-0.4, -0.2) is 46.9 Å². The van der Waals surface area contributed by atoms with Crippen molar-refractivity contribution in [2.24, 2.45) is 0 Å². The van der Waals surface area contributed by atoms with E-state index in [4.69, 9.17) is 4.74 Å². The molecule has 1 saturated heterocycles. The molecule has 1 aliphatic heterocycles. The fourth-order valence-corrected chi connectivity index (χ4v) is 4.59. The first-order chi connectivity index (χ1) is 16.1. The average molecular weight is 462 g/mol. The maximum Gasteiger partial charge on any atom is 0.246 e. The van der Waals surface area contributed by atoms with Crippen molar-refractivity contribution in [2.45, 2.75) is 33.4 Å². The summed E-state index contributed by atoms with van der Waals surface area (Å²) in [6.07, 6.45) is 4.54. The summed E-state index contributed by atoms with van der Waals surface area (Å²) in [7, 11) is 0. The molecule has 1 fully saturated rings. The zero-order valence-corrected chi connectivity index (χ0v) is 20.2. The molecule has 0 unspecified atom stereocenters. The lowest BCUT2D eigenvalue weighted by atomic mass is 10.1. The van der Waals surface area contributed by atoms with Crippen LogP contribution >= 0.6 is 11.3 Å². The SMILES string of the molecule is Cc1nc(COc2cccc(/C=C/C(=O)N3CCCN(Cc4ccccc4C)CC3)c2)cs1. The first kappa shape index (κ1) is 23.2. The summed E-state index contributed by atoms with van der Waals surface area (Å²) in [5.74, 6) is 0.842. The van der Waals surface area contributed by atoms with E-state index in [9.17, 15) is 4.79 Å². The van der Waals surface area contributed by atoms with Crippen LogP contribution in [0.15, 0.2) is 60.0 Å². The van der Waals surface area contributed by atoms with Gasteiger partial charge in [0.1, 0.15) is 12.4 Å². The minimum absolute atomic E-state index is 0.0667. The van der Waals surface area contributed by atoms with E-state index in [1.165, 1.54) is 11.1 Å². The molecule has 4 rings (SSSR count). The molecule has 1 amide bonds. The van der Waals surface area contributed by atoms with Crippen LogP contribution in [0.4, 0.5) is 0 Å². The molecule has 3 aromatic rings. The fourth-order valence-electron chi connectivity index (χ4n) is 3.99. The number of nitrogens with zero attached hydrogens (tertiary/aromatic N) is 3. The molecular weight excluding hydrogens is 430 g/mol. The highest BCUT2D eigenvalue weighted by atomic mass is 32.1. The summed E-state index contributed by atoms with van der Waals surface area (Å²) in [6, 6.07) is 16.3.